The van der Waals surface area contributed by atoms with Crippen molar-refractivity contribution in [3.05, 3.63) is 54.7 Å². The number of rotatable bonds is 5. The summed E-state index contributed by atoms with van der Waals surface area (Å²) in [5.41, 5.74) is 2.57. The van der Waals surface area contributed by atoms with Crippen molar-refractivity contribution in [3.8, 4) is 11.4 Å². The van der Waals surface area contributed by atoms with Crippen LogP contribution in [0.5, 0.6) is 0 Å². The van der Waals surface area contributed by atoms with E-state index >= 15 is 0 Å². The van der Waals surface area contributed by atoms with Crippen LogP contribution in [0.3, 0.4) is 0 Å². The molecule has 0 spiro atoms. The van der Waals surface area contributed by atoms with Crippen molar-refractivity contribution in [2.75, 3.05) is 23.9 Å². The van der Waals surface area contributed by atoms with Gasteiger partial charge in [-0.3, -0.25) is 4.98 Å². The van der Waals surface area contributed by atoms with Gasteiger partial charge < -0.3 is 10.6 Å². The van der Waals surface area contributed by atoms with Crippen molar-refractivity contribution in [1.29, 1.82) is 0 Å². The van der Waals surface area contributed by atoms with E-state index in [1.807, 2.05) is 36.4 Å². The van der Waals surface area contributed by atoms with Crippen molar-refractivity contribution in [3.63, 3.8) is 0 Å². The predicted molar refractivity (Wildman–Crippen MR) is 96.3 cm³/mol. The molecule has 0 unspecified atom stereocenters. The molecule has 0 atom stereocenters. The second-order valence-electron chi connectivity index (χ2n) is 4.78. The molecule has 0 bridgehead atoms. The van der Waals surface area contributed by atoms with Gasteiger partial charge in [0.2, 0.25) is 5.95 Å². The molecular formula is C17H17N5S. The standard InChI is InChI=1S/C17H17N5S/c1-18-17-21-15(14-8-3-4-9-19-14)11-16(22-17)20-12-6-5-7-13(10-12)23-2/h3-11H,1-2H3,(H2,18,20,21,22). The predicted octanol–water partition coefficient (Wildman–Crippen LogP) is 4.05. The number of anilines is 3. The SMILES string of the molecule is CNc1nc(Nc2cccc(SC)c2)cc(-c2ccccn2)n1. The van der Waals surface area contributed by atoms with Crippen LogP contribution in [0.1, 0.15) is 0 Å². The molecule has 23 heavy (non-hydrogen) atoms. The fourth-order valence-electron chi connectivity index (χ4n) is 2.12. The Morgan fingerprint density at radius 1 is 0.957 bits per heavy atom. The Hall–Kier alpha value is -2.60. The molecule has 0 fully saturated rings. The third kappa shape index (κ3) is 3.78. The number of nitrogens with zero attached hydrogens (tertiary/aromatic N) is 3. The smallest absolute Gasteiger partial charge is 0.225 e. The summed E-state index contributed by atoms with van der Waals surface area (Å²) in [6.07, 6.45) is 3.81. The maximum atomic E-state index is 4.47. The average Bonchev–Trinajstić information content (AvgIpc) is 2.62. The quantitative estimate of drug-likeness (QED) is 0.691. The van der Waals surface area contributed by atoms with E-state index in [1.54, 1.807) is 25.0 Å². The van der Waals surface area contributed by atoms with E-state index in [2.05, 4.69) is 44.0 Å². The molecule has 0 aliphatic rings. The van der Waals surface area contributed by atoms with Gasteiger partial charge in [-0.1, -0.05) is 12.1 Å². The summed E-state index contributed by atoms with van der Waals surface area (Å²) in [4.78, 5) is 14.5. The van der Waals surface area contributed by atoms with Crippen molar-refractivity contribution in [2.45, 2.75) is 4.90 Å². The van der Waals surface area contributed by atoms with Crippen LogP contribution >= 0.6 is 11.8 Å². The van der Waals surface area contributed by atoms with Crippen molar-refractivity contribution >= 4 is 29.2 Å². The fraction of sp³-hybridized carbons (Fsp3) is 0.118. The van der Waals surface area contributed by atoms with Gasteiger partial charge in [0.1, 0.15) is 5.82 Å². The minimum Gasteiger partial charge on any atom is -0.357 e. The van der Waals surface area contributed by atoms with Crippen LogP contribution in [0.4, 0.5) is 17.5 Å². The molecule has 2 aromatic heterocycles. The number of pyridine rings is 1. The van der Waals surface area contributed by atoms with Gasteiger partial charge in [-0.25, -0.2) is 4.98 Å². The first-order chi connectivity index (χ1) is 11.3. The van der Waals surface area contributed by atoms with E-state index in [-0.39, 0.29) is 0 Å². The minimum absolute atomic E-state index is 0.552. The summed E-state index contributed by atoms with van der Waals surface area (Å²) < 4.78 is 0. The first-order valence-electron chi connectivity index (χ1n) is 7.18. The molecule has 0 radical (unpaired) electrons. The van der Waals surface area contributed by atoms with Crippen molar-refractivity contribution in [2.24, 2.45) is 0 Å². The molecule has 0 saturated carbocycles. The Labute approximate surface area is 139 Å². The number of thioether (sulfide) groups is 1. The second kappa shape index (κ2) is 7.11. The van der Waals surface area contributed by atoms with Gasteiger partial charge in [-0.05, 0) is 36.6 Å². The largest absolute Gasteiger partial charge is 0.357 e. The van der Waals surface area contributed by atoms with Gasteiger partial charge >= 0.3 is 0 Å². The van der Waals surface area contributed by atoms with E-state index in [1.165, 1.54) is 4.90 Å². The third-order valence-electron chi connectivity index (χ3n) is 3.22. The lowest BCUT2D eigenvalue weighted by Gasteiger charge is -2.10. The molecule has 3 aromatic rings. The van der Waals surface area contributed by atoms with E-state index in [0.717, 1.165) is 22.9 Å². The molecule has 116 valence electrons. The highest BCUT2D eigenvalue weighted by Gasteiger charge is 2.07. The Balaban J connectivity index is 1.95. The Kier molecular flexibility index (Phi) is 4.73. The molecule has 3 rings (SSSR count). The molecule has 0 aliphatic carbocycles. The zero-order valence-corrected chi connectivity index (χ0v) is 13.8. The number of hydrogen-bond acceptors (Lipinski definition) is 6. The third-order valence-corrected chi connectivity index (χ3v) is 3.94. The average molecular weight is 323 g/mol. The minimum atomic E-state index is 0.552. The summed E-state index contributed by atoms with van der Waals surface area (Å²) in [6.45, 7) is 0. The van der Waals surface area contributed by atoms with Gasteiger partial charge in [0, 0.05) is 29.9 Å². The molecule has 0 aliphatic heterocycles. The maximum absolute atomic E-state index is 4.47. The summed E-state index contributed by atoms with van der Waals surface area (Å²) in [5.74, 6) is 1.28. The highest BCUT2D eigenvalue weighted by molar-refractivity contribution is 7.98. The number of hydrogen-bond donors (Lipinski definition) is 2. The highest BCUT2D eigenvalue weighted by Crippen LogP contribution is 2.24. The molecule has 0 saturated heterocycles. The lowest BCUT2D eigenvalue weighted by molar-refractivity contribution is 1.14. The Bertz CT molecular complexity index is 792. The van der Waals surface area contributed by atoms with Gasteiger partial charge in [-0.15, -0.1) is 11.8 Å². The van der Waals surface area contributed by atoms with E-state index < -0.39 is 0 Å². The van der Waals surface area contributed by atoms with Gasteiger partial charge in [0.05, 0.1) is 11.4 Å². The van der Waals surface area contributed by atoms with E-state index in [4.69, 9.17) is 0 Å². The fourth-order valence-corrected chi connectivity index (χ4v) is 2.58. The normalized spacial score (nSPS) is 10.3. The Morgan fingerprint density at radius 2 is 1.87 bits per heavy atom. The maximum Gasteiger partial charge on any atom is 0.225 e. The molecular weight excluding hydrogens is 306 g/mol. The monoisotopic (exact) mass is 323 g/mol. The summed E-state index contributed by atoms with van der Waals surface area (Å²) in [6, 6.07) is 15.9. The Morgan fingerprint density at radius 3 is 2.61 bits per heavy atom. The molecule has 2 N–H and O–H groups in total. The topological polar surface area (TPSA) is 62.7 Å². The van der Waals surface area contributed by atoms with Gasteiger partial charge in [0.25, 0.3) is 0 Å². The molecule has 1 aromatic carbocycles. The van der Waals surface area contributed by atoms with Crippen molar-refractivity contribution in [1.82, 2.24) is 15.0 Å². The van der Waals surface area contributed by atoms with Gasteiger partial charge in [-0.2, -0.15) is 4.98 Å². The molecule has 2 heterocycles. The summed E-state index contributed by atoms with van der Waals surface area (Å²) in [5, 5.41) is 6.32. The van der Waals surface area contributed by atoms with E-state index in [0.29, 0.717) is 5.95 Å². The second-order valence-corrected chi connectivity index (χ2v) is 5.66. The zero-order valence-electron chi connectivity index (χ0n) is 12.9. The van der Waals surface area contributed by atoms with Crippen LogP contribution in [-0.4, -0.2) is 28.3 Å². The lowest BCUT2D eigenvalue weighted by Crippen LogP contribution is -2.02. The molecule has 5 nitrogen and oxygen atoms in total. The van der Waals surface area contributed by atoms with Crippen LogP contribution in [-0.2, 0) is 0 Å². The summed E-state index contributed by atoms with van der Waals surface area (Å²) in [7, 11) is 1.80. The number of benzene rings is 1. The lowest BCUT2D eigenvalue weighted by atomic mass is 10.2. The molecule has 0 amide bonds. The van der Waals surface area contributed by atoms with Crippen LogP contribution in [0.15, 0.2) is 59.6 Å². The van der Waals surface area contributed by atoms with E-state index in [9.17, 15) is 0 Å². The van der Waals surface area contributed by atoms with Crippen LogP contribution in [0, 0.1) is 0 Å². The van der Waals surface area contributed by atoms with Crippen LogP contribution in [0.25, 0.3) is 11.4 Å². The van der Waals surface area contributed by atoms with Gasteiger partial charge in [0.15, 0.2) is 0 Å². The van der Waals surface area contributed by atoms with Crippen molar-refractivity contribution < 1.29 is 0 Å². The van der Waals surface area contributed by atoms with Crippen LogP contribution < -0.4 is 10.6 Å². The first kappa shape index (κ1) is 15.3. The highest BCUT2D eigenvalue weighted by atomic mass is 32.2. The summed E-state index contributed by atoms with van der Waals surface area (Å²) >= 11 is 1.71. The number of aromatic nitrogens is 3. The zero-order chi connectivity index (χ0) is 16.1. The number of nitrogens with one attached hydrogen (secondary N) is 2. The molecule has 6 heteroatoms. The first-order valence-corrected chi connectivity index (χ1v) is 8.40. The van der Waals surface area contributed by atoms with Crippen LogP contribution in [0.2, 0.25) is 0 Å².